The molecule has 1 rings (SSSR count). The summed E-state index contributed by atoms with van der Waals surface area (Å²) in [5.41, 5.74) is 4.81. The maximum atomic E-state index is 12.3. The molecule has 1 aromatic rings. The molecule has 0 aliphatic rings. The van der Waals surface area contributed by atoms with Crippen LogP contribution in [0.5, 0.6) is 5.75 Å². The Bertz CT molecular complexity index is 365. The summed E-state index contributed by atoms with van der Waals surface area (Å²) in [5, 5.41) is 0. The summed E-state index contributed by atoms with van der Waals surface area (Å²) in [6, 6.07) is 4.61. The highest BCUT2D eigenvalue weighted by Gasteiger charge is 2.29. The van der Waals surface area contributed by atoms with Gasteiger partial charge in [0.25, 0.3) is 0 Å². The Labute approximate surface area is 110 Å². The van der Waals surface area contributed by atoms with Crippen molar-refractivity contribution in [2.45, 2.75) is 25.6 Å². The first-order valence-electron chi connectivity index (χ1n) is 6.09. The highest BCUT2D eigenvalue weighted by molar-refractivity contribution is 5.28. The van der Waals surface area contributed by atoms with Gasteiger partial charge >= 0.3 is 6.18 Å². The van der Waals surface area contributed by atoms with Crippen LogP contribution in [0, 0.1) is 0 Å². The fraction of sp³-hybridized carbons (Fsp3) is 0.538. The zero-order valence-electron chi connectivity index (χ0n) is 10.7. The number of ether oxygens (including phenoxy) is 2. The SMILES string of the molecule is CCOC(CN)CCOc1ccc(C(F)(F)F)cc1. The lowest BCUT2D eigenvalue weighted by molar-refractivity contribution is -0.137. The summed E-state index contributed by atoms with van der Waals surface area (Å²) >= 11 is 0. The lowest BCUT2D eigenvalue weighted by Crippen LogP contribution is -2.25. The lowest BCUT2D eigenvalue weighted by atomic mass is 10.2. The van der Waals surface area contributed by atoms with Crippen LogP contribution >= 0.6 is 0 Å². The van der Waals surface area contributed by atoms with Crippen molar-refractivity contribution in [2.75, 3.05) is 19.8 Å². The van der Waals surface area contributed by atoms with Gasteiger partial charge in [-0.25, -0.2) is 0 Å². The van der Waals surface area contributed by atoms with E-state index in [0.29, 0.717) is 31.9 Å². The Hall–Kier alpha value is -1.27. The molecule has 3 nitrogen and oxygen atoms in total. The molecule has 0 amide bonds. The fourth-order valence-electron chi connectivity index (χ4n) is 1.55. The zero-order chi connectivity index (χ0) is 14.3. The van der Waals surface area contributed by atoms with Crippen molar-refractivity contribution in [3.8, 4) is 5.75 Å². The van der Waals surface area contributed by atoms with Crippen LogP contribution in [0.15, 0.2) is 24.3 Å². The molecule has 0 fully saturated rings. The van der Waals surface area contributed by atoms with Crippen molar-refractivity contribution in [3.63, 3.8) is 0 Å². The van der Waals surface area contributed by atoms with Crippen LogP contribution in [0.25, 0.3) is 0 Å². The van der Waals surface area contributed by atoms with E-state index in [0.717, 1.165) is 12.1 Å². The quantitative estimate of drug-likeness (QED) is 0.833. The fourth-order valence-corrected chi connectivity index (χ4v) is 1.55. The van der Waals surface area contributed by atoms with Crippen molar-refractivity contribution < 1.29 is 22.6 Å². The minimum Gasteiger partial charge on any atom is -0.493 e. The van der Waals surface area contributed by atoms with E-state index in [1.807, 2.05) is 6.92 Å². The van der Waals surface area contributed by atoms with Gasteiger partial charge in [0.1, 0.15) is 5.75 Å². The molecule has 6 heteroatoms. The lowest BCUT2D eigenvalue weighted by Gasteiger charge is -2.15. The van der Waals surface area contributed by atoms with Crippen molar-refractivity contribution in [1.82, 2.24) is 0 Å². The summed E-state index contributed by atoms with van der Waals surface area (Å²) in [5.74, 6) is 0.403. The van der Waals surface area contributed by atoms with E-state index in [2.05, 4.69) is 0 Å². The van der Waals surface area contributed by atoms with Crippen molar-refractivity contribution in [3.05, 3.63) is 29.8 Å². The first-order valence-corrected chi connectivity index (χ1v) is 6.09. The van der Waals surface area contributed by atoms with Crippen molar-refractivity contribution in [2.24, 2.45) is 5.73 Å². The topological polar surface area (TPSA) is 44.5 Å². The monoisotopic (exact) mass is 277 g/mol. The Kier molecular flexibility index (Phi) is 6.11. The van der Waals surface area contributed by atoms with Gasteiger partial charge in [-0.2, -0.15) is 13.2 Å². The van der Waals surface area contributed by atoms with E-state index in [4.69, 9.17) is 15.2 Å². The molecule has 0 saturated heterocycles. The third-order valence-electron chi connectivity index (χ3n) is 2.56. The molecule has 1 unspecified atom stereocenters. The molecule has 0 aliphatic carbocycles. The maximum Gasteiger partial charge on any atom is 0.416 e. The standard InChI is InChI=1S/C13H18F3NO2/c1-2-18-12(9-17)7-8-19-11-5-3-10(4-6-11)13(14,15)16/h3-6,12H,2,7-9,17H2,1H3. The van der Waals surface area contributed by atoms with Gasteiger partial charge < -0.3 is 15.2 Å². The molecule has 1 atom stereocenters. The number of rotatable bonds is 7. The second-order valence-electron chi connectivity index (χ2n) is 3.97. The van der Waals surface area contributed by atoms with Gasteiger partial charge in [-0.3, -0.25) is 0 Å². The van der Waals surface area contributed by atoms with Crippen LogP contribution in [0.2, 0.25) is 0 Å². The maximum absolute atomic E-state index is 12.3. The Morgan fingerprint density at radius 2 is 1.84 bits per heavy atom. The van der Waals surface area contributed by atoms with Gasteiger partial charge in [-0.05, 0) is 31.2 Å². The molecule has 0 radical (unpaired) electrons. The Morgan fingerprint density at radius 1 is 1.21 bits per heavy atom. The molecule has 0 aliphatic heterocycles. The number of benzene rings is 1. The molecule has 19 heavy (non-hydrogen) atoms. The summed E-state index contributed by atoms with van der Waals surface area (Å²) in [7, 11) is 0. The molecule has 1 aromatic carbocycles. The molecule has 0 heterocycles. The average Bonchev–Trinajstić information content (AvgIpc) is 2.37. The summed E-state index contributed by atoms with van der Waals surface area (Å²) in [4.78, 5) is 0. The number of nitrogens with two attached hydrogens (primary N) is 1. The molecule has 108 valence electrons. The number of alkyl halides is 3. The van der Waals surface area contributed by atoms with Gasteiger partial charge in [0.05, 0.1) is 18.3 Å². The van der Waals surface area contributed by atoms with Gasteiger partial charge in [0.2, 0.25) is 0 Å². The minimum absolute atomic E-state index is 0.0838. The van der Waals surface area contributed by atoms with E-state index in [1.54, 1.807) is 0 Å². The zero-order valence-corrected chi connectivity index (χ0v) is 10.7. The van der Waals surface area contributed by atoms with Crippen LogP contribution in [0.1, 0.15) is 18.9 Å². The molecule has 0 spiro atoms. The van der Waals surface area contributed by atoms with Gasteiger partial charge in [0, 0.05) is 19.6 Å². The number of halogens is 3. The minimum atomic E-state index is -4.32. The van der Waals surface area contributed by atoms with E-state index in [9.17, 15) is 13.2 Å². The largest absolute Gasteiger partial charge is 0.493 e. The Morgan fingerprint density at radius 3 is 2.32 bits per heavy atom. The van der Waals surface area contributed by atoms with E-state index < -0.39 is 11.7 Å². The van der Waals surface area contributed by atoms with Crippen LogP contribution in [-0.2, 0) is 10.9 Å². The third kappa shape index (κ3) is 5.48. The molecular weight excluding hydrogens is 259 g/mol. The number of hydrogen-bond acceptors (Lipinski definition) is 3. The van der Waals surface area contributed by atoms with Crippen LogP contribution in [-0.4, -0.2) is 25.9 Å². The van der Waals surface area contributed by atoms with E-state index >= 15 is 0 Å². The molecule has 0 aromatic heterocycles. The average molecular weight is 277 g/mol. The van der Waals surface area contributed by atoms with E-state index in [1.165, 1.54) is 12.1 Å². The van der Waals surface area contributed by atoms with Gasteiger partial charge in [0.15, 0.2) is 0 Å². The second kappa shape index (κ2) is 7.35. The molecule has 0 bridgehead atoms. The molecule has 0 saturated carbocycles. The summed E-state index contributed by atoms with van der Waals surface area (Å²) in [6.45, 7) is 3.19. The normalized spacial score (nSPS) is 13.3. The predicted molar refractivity (Wildman–Crippen MR) is 66.0 cm³/mol. The predicted octanol–water partition coefficient (Wildman–Crippen LogP) is 2.84. The molecular formula is C13H18F3NO2. The summed E-state index contributed by atoms with van der Waals surface area (Å²) < 4.78 is 47.7. The van der Waals surface area contributed by atoms with Crippen LogP contribution in [0.4, 0.5) is 13.2 Å². The second-order valence-corrected chi connectivity index (χ2v) is 3.97. The van der Waals surface area contributed by atoms with E-state index in [-0.39, 0.29) is 6.10 Å². The van der Waals surface area contributed by atoms with Gasteiger partial charge in [-0.15, -0.1) is 0 Å². The third-order valence-corrected chi connectivity index (χ3v) is 2.56. The first kappa shape index (κ1) is 15.8. The van der Waals surface area contributed by atoms with Gasteiger partial charge in [-0.1, -0.05) is 0 Å². The number of hydrogen-bond donors (Lipinski definition) is 1. The van der Waals surface area contributed by atoms with Crippen LogP contribution < -0.4 is 10.5 Å². The smallest absolute Gasteiger partial charge is 0.416 e. The first-order chi connectivity index (χ1) is 8.97. The highest BCUT2D eigenvalue weighted by Crippen LogP contribution is 2.30. The Balaban J connectivity index is 2.42. The van der Waals surface area contributed by atoms with Crippen molar-refractivity contribution >= 4 is 0 Å². The highest BCUT2D eigenvalue weighted by atomic mass is 19.4. The molecule has 2 N–H and O–H groups in total. The summed E-state index contributed by atoms with van der Waals surface area (Å²) in [6.07, 6.45) is -3.80. The van der Waals surface area contributed by atoms with Crippen LogP contribution in [0.3, 0.4) is 0 Å². The van der Waals surface area contributed by atoms with Crippen molar-refractivity contribution in [1.29, 1.82) is 0 Å².